The van der Waals surface area contributed by atoms with Crippen molar-refractivity contribution < 1.29 is 23.1 Å². The van der Waals surface area contributed by atoms with Gasteiger partial charge in [0.2, 0.25) is 0 Å². The van der Waals surface area contributed by atoms with Crippen LogP contribution in [0.3, 0.4) is 0 Å². The first-order valence-corrected chi connectivity index (χ1v) is 7.68. The Morgan fingerprint density at radius 2 is 1.96 bits per heavy atom. The number of ether oxygens (including phenoxy) is 2. The summed E-state index contributed by atoms with van der Waals surface area (Å²) >= 11 is 0. The van der Waals surface area contributed by atoms with E-state index in [0.717, 1.165) is 0 Å². The van der Waals surface area contributed by atoms with Crippen LogP contribution in [-0.4, -0.2) is 13.1 Å². The van der Waals surface area contributed by atoms with Crippen molar-refractivity contribution in [3.05, 3.63) is 69.8 Å². The van der Waals surface area contributed by atoms with Crippen LogP contribution in [-0.2, 0) is 4.79 Å². The van der Waals surface area contributed by atoms with E-state index in [1.54, 1.807) is 30.3 Å². The van der Waals surface area contributed by atoms with Gasteiger partial charge in [0.15, 0.2) is 5.75 Å². The standard InChI is InChI=1S/C19H13FO5/c1-23-10-6-7-11(14(20)8-10)13-9-16(21)25-18-12-4-2-3-5-15(12)24-19(22)17(13)18/h2-8,13H,9H2,1H3/t13-/m0/s1. The van der Waals surface area contributed by atoms with Gasteiger partial charge in [-0.2, -0.15) is 0 Å². The van der Waals surface area contributed by atoms with Crippen LogP contribution in [0.4, 0.5) is 4.39 Å². The number of fused-ring (bicyclic) bond motifs is 3. The lowest BCUT2D eigenvalue weighted by molar-refractivity contribution is -0.135. The van der Waals surface area contributed by atoms with Gasteiger partial charge in [0.05, 0.1) is 24.5 Å². The van der Waals surface area contributed by atoms with E-state index < -0.39 is 23.3 Å². The van der Waals surface area contributed by atoms with Gasteiger partial charge in [0.1, 0.15) is 17.1 Å². The van der Waals surface area contributed by atoms with Gasteiger partial charge >= 0.3 is 11.6 Å². The Morgan fingerprint density at radius 1 is 1.16 bits per heavy atom. The highest BCUT2D eigenvalue weighted by atomic mass is 19.1. The summed E-state index contributed by atoms with van der Waals surface area (Å²) in [5, 5.41) is 0.504. The predicted octanol–water partition coefficient (Wildman–Crippen LogP) is 3.38. The Kier molecular flexibility index (Phi) is 3.53. The van der Waals surface area contributed by atoms with E-state index in [2.05, 4.69) is 0 Å². The fourth-order valence-electron chi connectivity index (χ4n) is 3.15. The van der Waals surface area contributed by atoms with E-state index in [4.69, 9.17) is 13.9 Å². The number of carbonyl (C=O) groups is 1. The zero-order valence-electron chi connectivity index (χ0n) is 13.2. The second-order valence-corrected chi connectivity index (χ2v) is 5.75. The first kappa shape index (κ1) is 15.4. The number of para-hydroxylation sites is 1. The minimum absolute atomic E-state index is 0.140. The molecule has 1 atom stereocenters. The van der Waals surface area contributed by atoms with Gasteiger partial charge in [-0.15, -0.1) is 0 Å². The lowest BCUT2D eigenvalue weighted by Gasteiger charge is -2.24. The topological polar surface area (TPSA) is 65.7 Å². The van der Waals surface area contributed by atoms with Crippen LogP contribution in [0.25, 0.3) is 11.0 Å². The number of benzene rings is 2. The number of halogens is 1. The lowest BCUT2D eigenvalue weighted by atomic mass is 9.86. The Bertz CT molecular complexity index is 1050. The second kappa shape index (κ2) is 5.73. The zero-order valence-corrected chi connectivity index (χ0v) is 13.2. The molecule has 1 aliphatic heterocycles. The molecule has 0 saturated carbocycles. The van der Waals surface area contributed by atoms with Gasteiger partial charge in [0.25, 0.3) is 0 Å². The van der Waals surface area contributed by atoms with Crippen molar-refractivity contribution in [2.24, 2.45) is 0 Å². The summed E-state index contributed by atoms with van der Waals surface area (Å²) in [7, 11) is 1.43. The average molecular weight is 340 g/mol. The van der Waals surface area contributed by atoms with Gasteiger partial charge < -0.3 is 13.9 Å². The van der Waals surface area contributed by atoms with Crippen molar-refractivity contribution in [2.45, 2.75) is 12.3 Å². The molecule has 2 heterocycles. The monoisotopic (exact) mass is 340 g/mol. The van der Waals surface area contributed by atoms with Crippen molar-refractivity contribution in [2.75, 3.05) is 7.11 Å². The van der Waals surface area contributed by atoms with Crippen molar-refractivity contribution in [1.82, 2.24) is 0 Å². The minimum Gasteiger partial charge on any atom is -0.497 e. The van der Waals surface area contributed by atoms with Crippen molar-refractivity contribution >= 4 is 16.9 Å². The first-order chi connectivity index (χ1) is 12.1. The summed E-state index contributed by atoms with van der Waals surface area (Å²) in [5.74, 6) is -1.36. The third-order valence-electron chi connectivity index (χ3n) is 4.32. The van der Waals surface area contributed by atoms with Crippen molar-refractivity contribution in [3.63, 3.8) is 0 Å². The molecule has 5 nitrogen and oxygen atoms in total. The summed E-state index contributed by atoms with van der Waals surface area (Å²) in [6, 6.07) is 11.1. The maximum Gasteiger partial charge on any atom is 0.343 e. The van der Waals surface area contributed by atoms with E-state index in [-0.39, 0.29) is 23.3 Å². The van der Waals surface area contributed by atoms with Gasteiger partial charge in [-0.1, -0.05) is 18.2 Å². The molecule has 0 bridgehead atoms. The molecule has 4 rings (SSSR count). The maximum atomic E-state index is 14.5. The Labute approximate surface area is 141 Å². The summed E-state index contributed by atoms with van der Waals surface area (Å²) in [5.41, 5.74) is 0.0555. The average Bonchev–Trinajstić information content (AvgIpc) is 2.61. The number of rotatable bonds is 2. The molecule has 0 amide bonds. The molecule has 0 fully saturated rings. The molecule has 2 aromatic carbocycles. The third-order valence-corrected chi connectivity index (χ3v) is 4.32. The van der Waals surface area contributed by atoms with Crippen molar-refractivity contribution in [3.8, 4) is 11.5 Å². The molecular formula is C19H13FO5. The summed E-state index contributed by atoms with van der Waals surface area (Å²) in [4.78, 5) is 24.6. The Balaban J connectivity index is 1.98. The van der Waals surface area contributed by atoms with E-state index in [1.165, 1.54) is 19.2 Å². The molecule has 0 unspecified atom stereocenters. The summed E-state index contributed by atoms with van der Waals surface area (Å²) < 4.78 is 30.2. The van der Waals surface area contributed by atoms with Crippen LogP contribution in [0, 0.1) is 5.82 Å². The second-order valence-electron chi connectivity index (χ2n) is 5.75. The first-order valence-electron chi connectivity index (χ1n) is 7.68. The molecule has 0 radical (unpaired) electrons. The number of esters is 1. The van der Waals surface area contributed by atoms with E-state index in [0.29, 0.717) is 16.7 Å². The van der Waals surface area contributed by atoms with Crippen LogP contribution < -0.4 is 15.1 Å². The molecule has 1 aliphatic rings. The van der Waals surface area contributed by atoms with Gasteiger partial charge in [0, 0.05) is 12.0 Å². The quantitative estimate of drug-likeness (QED) is 0.528. The summed E-state index contributed by atoms with van der Waals surface area (Å²) in [6.45, 7) is 0. The molecular weight excluding hydrogens is 327 g/mol. The minimum atomic E-state index is -0.775. The number of carbonyl (C=O) groups excluding carboxylic acids is 1. The van der Waals surface area contributed by atoms with Crippen molar-refractivity contribution in [1.29, 1.82) is 0 Å². The molecule has 0 N–H and O–H groups in total. The Morgan fingerprint density at radius 3 is 2.72 bits per heavy atom. The number of hydrogen-bond acceptors (Lipinski definition) is 5. The molecule has 6 heteroatoms. The summed E-state index contributed by atoms with van der Waals surface area (Å²) in [6.07, 6.45) is -0.140. The van der Waals surface area contributed by atoms with E-state index in [9.17, 15) is 14.0 Å². The van der Waals surface area contributed by atoms with Crippen LogP contribution in [0.2, 0.25) is 0 Å². The fourth-order valence-corrected chi connectivity index (χ4v) is 3.15. The van der Waals surface area contributed by atoms with Gasteiger partial charge in [-0.25, -0.2) is 9.18 Å². The highest BCUT2D eigenvalue weighted by Gasteiger charge is 2.35. The molecule has 0 spiro atoms. The predicted molar refractivity (Wildman–Crippen MR) is 87.5 cm³/mol. The van der Waals surface area contributed by atoms with E-state index >= 15 is 0 Å². The highest BCUT2D eigenvalue weighted by molar-refractivity contribution is 5.90. The normalized spacial score (nSPS) is 16.4. The smallest absolute Gasteiger partial charge is 0.343 e. The van der Waals surface area contributed by atoms with Crippen LogP contribution in [0.1, 0.15) is 23.5 Å². The number of hydrogen-bond donors (Lipinski definition) is 0. The fraction of sp³-hybridized carbons (Fsp3) is 0.158. The van der Waals surface area contributed by atoms with E-state index in [1.807, 2.05) is 0 Å². The molecule has 1 aromatic heterocycles. The van der Waals surface area contributed by atoms with Crippen LogP contribution >= 0.6 is 0 Å². The molecule has 126 valence electrons. The molecule has 25 heavy (non-hydrogen) atoms. The molecule has 0 aliphatic carbocycles. The Hall–Kier alpha value is -3.15. The van der Waals surface area contributed by atoms with Gasteiger partial charge in [-0.05, 0) is 23.8 Å². The third kappa shape index (κ3) is 2.46. The molecule has 3 aromatic rings. The number of methoxy groups -OCH3 is 1. The molecule has 0 saturated heterocycles. The SMILES string of the molecule is COc1ccc([C@@H]2CC(=O)Oc3c2c(=O)oc2ccccc32)c(F)c1. The zero-order chi connectivity index (χ0) is 17.6. The highest BCUT2D eigenvalue weighted by Crippen LogP contribution is 2.41. The van der Waals surface area contributed by atoms with Gasteiger partial charge in [-0.3, -0.25) is 4.79 Å². The van der Waals surface area contributed by atoms with Crippen LogP contribution in [0.5, 0.6) is 11.5 Å². The largest absolute Gasteiger partial charge is 0.497 e. The lowest BCUT2D eigenvalue weighted by Crippen LogP contribution is -2.27. The van der Waals surface area contributed by atoms with Crippen LogP contribution in [0.15, 0.2) is 51.7 Å². The maximum absolute atomic E-state index is 14.5.